The lowest BCUT2D eigenvalue weighted by Gasteiger charge is -2.15. The minimum Gasteiger partial charge on any atom is -0.441 e. The molecule has 5 rings (SSSR count). The molecule has 7 heteroatoms. The van der Waals surface area contributed by atoms with Crippen LogP contribution in [-0.4, -0.2) is 22.7 Å². The Kier molecular flexibility index (Phi) is 5.28. The van der Waals surface area contributed by atoms with Crippen LogP contribution in [0.5, 0.6) is 0 Å². The highest BCUT2D eigenvalue weighted by atomic mass is 16.4. The molecule has 0 fully saturated rings. The lowest BCUT2D eigenvalue weighted by atomic mass is 10.1. The number of nitrogens with zero attached hydrogens (tertiary/aromatic N) is 2. The molecule has 1 aliphatic heterocycles. The fraction of sp³-hybridized carbons (Fsp3) is 0.0769. The Bertz CT molecular complexity index is 1330. The molecular formula is C26H19N3O4. The molecule has 3 aromatic carbocycles. The van der Waals surface area contributed by atoms with Crippen LogP contribution in [-0.2, 0) is 11.2 Å². The van der Waals surface area contributed by atoms with E-state index in [2.05, 4.69) is 10.3 Å². The summed E-state index contributed by atoms with van der Waals surface area (Å²) in [6.07, 6.45) is 2.16. The molecule has 0 unspecified atom stereocenters. The van der Waals surface area contributed by atoms with E-state index in [9.17, 15) is 14.4 Å². The summed E-state index contributed by atoms with van der Waals surface area (Å²) in [5.74, 6) is 0.145. The van der Waals surface area contributed by atoms with E-state index in [1.165, 1.54) is 0 Å². The molecule has 0 bridgehead atoms. The van der Waals surface area contributed by atoms with Crippen LogP contribution in [0.4, 0.5) is 11.4 Å². The number of rotatable bonds is 6. The van der Waals surface area contributed by atoms with Crippen molar-refractivity contribution in [3.63, 3.8) is 0 Å². The highest BCUT2D eigenvalue weighted by Crippen LogP contribution is 2.29. The Morgan fingerprint density at radius 3 is 2.30 bits per heavy atom. The SMILES string of the molecule is O=C(CCc1ncc(-c2ccccc2)o1)Nc1cccc(N2C(=O)c3ccccc3C2=O)c1. The third-order valence-electron chi connectivity index (χ3n) is 5.36. The maximum Gasteiger partial charge on any atom is 0.266 e. The summed E-state index contributed by atoms with van der Waals surface area (Å²) in [4.78, 5) is 43.3. The molecular weight excluding hydrogens is 418 g/mol. The van der Waals surface area contributed by atoms with Crippen molar-refractivity contribution in [3.05, 3.63) is 102 Å². The number of fused-ring (bicyclic) bond motifs is 1. The van der Waals surface area contributed by atoms with E-state index >= 15 is 0 Å². The maximum absolute atomic E-state index is 12.7. The van der Waals surface area contributed by atoms with Crippen LogP contribution in [0, 0.1) is 0 Å². The summed E-state index contributed by atoms with van der Waals surface area (Å²) in [6.45, 7) is 0. The molecule has 33 heavy (non-hydrogen) atoms. The molecule has 0 saturated heterocycles. The number of carbonyl (C=O) groups is 3. The minimum absolute atomic E-state index is 0.173. The van der Waals surface area contributed by atoms with Gasteiger partial charge in [-0.1, -0.05) is 48.5 Å². The van der Waals surface area contributed by atoms with E-state index in [-0.39, 0.29) is 24.1 Å². The average molecular weight is 437 g/mol. The van der Waals surface area contributed by atoms with Crippen LogP contribution in [0.1, 0.15) is 33.0 Å². The first-order valence-corrected chi connectivity index (χ1v) is 10.5. The highest BCUT2D eigenvalue weighted by Gasteiger charge is 2.36. The number of imide groups is 1. The third kappa shape index (κ3) is 4.04. The second-order valence-electron chi connectivity index (χ2n) is 7.57. The summed E-state index contributed by atoms with van der Waals surface area (Å²) in [5.41, 5.74) is 2.56. The predicted octanol–water partition coefficient (Wildman–Crippen LogP) is 4.71. The molecule has 162 valence electrons. The number of anilines is 2. The summed E-state index contributed by atoms with van der Waals surface area (Å²) >= 11 is 0. The Hall–Kier alpha value is -4.52. The van der Waals surface area contributed by atoms with Crippen molar-refractivity contribution in [3.8, 4) is 11.3 Å². The number of oxazole rings is 1. The van der Waals surface area contributed by atoms with E-state index in [0.29, 0.717) is 40.6 Å². The molecule has 0 atom stereocenters. The van der Waals surface area contributed by atoms with Gasteiger partial charge in [0.1, 0.15) is 0 Å². The lowest BCUT2D eigenvalue weighted by molar-refractivity contribution is -0.116. The van der Waals surface area contributed by atoms with E-state index in [4.69, 9.17) is 4.42 Å². The molecule has 2 heterocycles. The third-order valence-corrected chi connectivity index (χ3v) is 5.36. The molecule has 1 aromatic heterocycles. The van der Waals surface area contributed by atoms with Gasteiger partial charge in [-0.2, -0.15) is 0 Å². The van der Waals surface area contributed by atoms with Crippen molar-refractivity contribution < 1.29 is 18.8 Å². The second kappa shape index (κ2) is 8.55. The highest BCUT2D eigenvalue weighted by molar-refractivity contribution is 6.34. The Morgan fingerprint density at radius 1 is 0.879 bits per heavy atom. The summed E-state index contributed by atoms with van der Waals surface area (Å²) in [6, 6.07) is 23.0. The molecule has 1 aliphatic rings. The van der Waals surface area contributed by atoms with Gasteiger partial charge in [0.15, 0.2) is 11.7 Å². The fourth-order valence-electron chi connectivity index (χ4n) is 3.75. The van der Waals surface area contributed by atoms with Crippen molar-refractivity contribution in [2.75, 3.05) is 10.2 Å². The van der Waals surface area contributed by atoms with Crippen LogP contribution in [0.2, 0.25) is 0 Å². The van der Waals surface area contributed by atoms with E-state index in [1.54, 1.807) is 54.7 Å². The van der Waals surface area contributed by atoms with Gasteiger partial charge in [-0.25, -0.2) is 9.88 Å². The first-order chi connectivity index (χ1) is 16.1. The lowest BCUT2D eigenvalue weighted by Crippen LogP contribution is -2.29. The van der Waals surface area contributed by atoms with Gasteiger partial charge in [0.05, 0.1) is 23.0 Å². The van der Waals surface area contributed by atoms with Crippen LogP contribution in [0.15, 0.2) is 89.5 Å². The Morgan fingerprint density at radius 2 is 1.58 bits per heavy atom. The number of aromatic nitrogens is 1. The smallest absolute Gasteiger partial charge is 0.266 e. The number of aryl methyl sites for hydroxylation is 1. The van der Waals surface area contributed by atoms with Crippen LogP contribution in [0.3, 0.4) is 0 Å². The zero-order chi connectivity index (χ0) is 22.8. The molecule has 0 radical (unpaired) electrons. The van der Waals surface area contributed by atoms with E-state index < -0.39 is 0 Å². The summed E-state index contributed by atoms with van der Waals surface area (Å²) in [5, 5.41) is 2.81. The van der Waals surface area contributed by atoms with Crippen LogP contribution < -0.4 is 10.2 Å². The van der Waals surface area contributed by atoms with Crippen molar-refractivity contribution in [2.24, 2.45) is 0 Å². The van der Waals surface area contributed by atoms with Crippen molar-refractivity contribution in [1.29, 1.82) is 0 Å². The van der Waals surface area contributed by atoms with Gasteiger partial charge in [-0.15, -0.1) is 0 Å². The molecule has 4 aromatic rings. The van der Waals surface area contributed by atoms with Gasteiger partial charge in [0, 0.05) is 24.1 Å². The van der Waals surface area contributed by atoms with Crippen molar-refractivity contribution in [2.45, 2.75) is 12.8 Å². The molecule has 0 spiro atoms. The van der Waals surface area contributed by atoms with Crippen molar-refractivity contribution >= 4 is 29.1 Å². The fourth-order valence-corrected chi connectivity index (χ4v) is 3.75. The number of carbonyl (C=O) groups excluding carboxylic acids is 3. The van der Waals surface area contributed by atoms with Gasteiger partial charge in [0.2, 0.25) is 5.91 Å². The topological polar surface area (TPSA) is 92.5 Å². The van der Waals surface area contributed by atoms with E-state index in [0.717, 1.165) is 10.5 Å². The van der Waals surface area contributed by atoms with Gasteiger partial charge in [0.25, 0.3) is 11.8 Å². The minimum atomic E-state index is -0.378. The summed E-state index contributed by atoms with van der Waals surface area (Å²) in [7, 11) is 0. The van der Waals surface area contributed by atoms with Gasteiger partial charge >= 0.3 is 0 Å². The maximum atomic E-state index is 12.7. The van der Waals surface area contributed by atoms with Gasteiger partial charge < -0.3 is 9.73 Å². The van der Waals surface area contributed by atoms with Crippen LogP contribution in [0.25, 0.3) is 11.3 Å². The van der Waals surface area contributed by atoms with Crippen molar-refractivity contribution in [1.82, 2.24) is 4.98 Å². The zero-order valence-electron chi connectivity index (χ0n) is 17.5. The second-order valence-corrected chi connectivity index (χ2v) is 7.57. The molecule has 7 nitrogen and oxygen atoms in total. The number of amides is 3. The first kappa shape index (κ1) is 20.4. The van der Waals surface area contributed by atoms with Crippen LogP contribution >= 0.6 is 0 Å². The molecule has 3 amide bonds. The number of nitrogens with one attached hydrogen (secondary N) is 1. The first-order valence-electron chi connectivity index (χ1n) is 10.5. The Balaban J connectivity index is 1.23. The normalized spacial score (nSPS) is 12.7. The van der Waals surface area contributed by atoms with Gasteiger partial charge in [-0.3, -0.25) is 14.4 Å². The predicted molar refractivity (Wildman–Crippen MR) is 123 cm³/mol. The number of hydrogen-bond acceptors (Lipinski definition) is 5. The zero-order valence-corrected chi connectivity index (χ0v) is 17.5. The Labute approximate surface area is 189 Å². The largest absolute Gasteiger partial charge is 0.441 e. The average Bonchev–Trinajstić information content (AvgIpc) is 3.42. The standard InChI is InChI=1S/C26H19N3O4/c30-23(13-14-24-27-16-22(33-24)17-7-2-1-3-8-17)28-18-9-6-10-19(15-18)29-25(31)20-11-4-5-12-21(20)26(29)32/h1-12,15-16H,13-14H2,(H,28,30). The molecule has 1 N–H and O–H groups in total. The van der Waals surface area contributed by atoms with Gasteiger partial charge in [-0.05, 0) is 30.3 Å². The number of benzene rings is 3. The molecule has 0 aliphatic carbocycles. The monoisotopic (exact) mass is 437 g/mol. The quantitative estimate of drug-likeness (QED) is 0.441. The summed E-state index contributed by atoms with van der Waals surface area (Å²) < 4.78 is 5.74. The molecule has 0 saturated carbocycles. The van der Waals surface area contributed by atoms with E-state index in [1.807, 2.05) is 30.3 Å². The number of hydrogen-bond donors (Lipinski definition) is 1.